The molecule has 1 heterocycles. The van der Waals surface area contributed by atoms with Crippen LogP contribution >= 0.6 is 11.6 Å². The smallest absolute Gasteiger partial charge is 0.288 e. The summed E-state index contributed by atoms with van der Waals surface area (Å²) in [5.41, 5.74) is -0.193. The molecular formula is C18H18ClN2O4. The molecule has 131 valence electrons. The Labute approximate surface area is 150 Å². The highest BCUT2D eigenvalue weighted by Crippen LogP contribution is 2.44. The third-order valence-corrected chi connectivity index (χ3v) is 4.85. The summed E-state index contributed by atoms with van der Waals surface area (Å²) < 4.78 is 5.25. The van der Waals surface area contributed by atoms with Gasteiger partial charge in [-0.1, -0.05) is 29.8 Å². The van der Waals surface area contributed by atoms with Gasteiger partial charge in [-0.2, -0.15) is 0 Å². The molecular weight excluding hydrogens is 344 g/mol. The van der Waals surface area contributed by atoms with Crippen molar-refractivity contribution in [3.63, 3.8) is 0 Å². The fourth-order valence-electron chi connectivity index (χ4n) is 3.27. The molecule has 25 heavy (non-hydrogen) atoms. The average molecular weight is 362 g/mol. The molecule has 1 aliphatic rings. The highest BCUT2D eigenvalue weighted by Gasteiger charge is 2.43. The van der Waals surface area contributed by atoms with E-state index in [2.05, 4.69) is 5.32 Å². The molecule has 0 amide bonds. The van der Waals surface area contributed by atoms with Gasteiger partial charge in [-0.25, -0.2) is 5.32 Å². The lowest BCUT2D eigenvalue weighted by Crippen LogP contribution is -2.43. The lowest BCUT2D eigenvalue weighted by atomic mass is 9.77. The van der Waals surface area contributed by atoms with Crippen LogP contribution in [0.5, 0.6) is 5.75 Å². The zero-order chi connectivity index (χ0) is 18.0. The number of halogens is 1. The van der Waals surface area contributed by atoms with Crippen molar-refractivity contribution in [2.24, 2.45) is 0 Å². The molecule has 0 spiro atoms. The number of nitro benzene ring substituents is 1. The topological polar surface area (TPSA) is 86.7 Å². The third kappa shape index (κ3) is 3.33. The maximum atomic E-state index is 11.4. The summed E-state index contributed by atoms with van der Waals surface area (Å²) in [6.07, 6.45) is 1.24. The largest absolute Gasteiger partial charge is 0.497 e. The minimum absolute atomic E-state index is 0.0643. The number of methoxy groups -OCH3 is 1. The number of nitro groups is 1. The fourth-order valence-corrected chi connectivity index (χ4v) is 3.46. The summed E-state index contributed by atoms with van der Waals surface area (Å²) in [6.45, 7) is 0.591. The van der Waals surface area contributed by atoms with Crippen molar-refractivity contribution in [1.29, 1.82) is 0 Å². The second-order valence-electron chi connectivity index (χ2n) is 6.04. The number of hydrogen-bond acceptors (Lipinski definition) is 4. The third-order valence-electron chi connectivity index (χ3n) is 4.53. The molecule has 2 unspecified atom stereocenters. The van der Waals surface area contributed by atoms with Crippen LogP contribution in [0.3, 0.4) is 0 Å². The Morgan fingerprint density at radius 2 is 2.16 bits per heavy atom. The summed E-state index contributed by atoms with van der Waals surface area (Å²) >= 11 is 5.91. The Hall–Kier alpha value is -2.15. The second kappa shape index (κ2) is 7.00. The van der Waals surface area contributed by atoms with Crippen LogP contribution in [0.15, 0.2) is 42.5 Å². The fraction of sp³-hybridized carbons (Fsp3) is 0.333. The molecule has 0 aromatic heterocycles. The van der Waals surface area contributed by atoms with Gasteiger partial charge in [-0.05, 0) is 42.2 Å². The molecule has 1 saturated heterocycles. The lowest BCUT2D eigenvalue weighted by Gasteiger charge is -2.40. The monoisotopic (exact) mass is 361 g/mol. The number of benzene rings is 2. The van der Waals surface area contributed by atoms with Crippen molar-refractivity contribution in [3.8, 4) is 5.75 Å². The minimum atomic E-state index is -1.26. The molecule has 0 aliphatic carbocycles. The molecule has 2 aromatic carbocycles. The molecule has 3 rings (SSSR count). The highest BCUT2D eigenvalue weighted by atomic mass is 35.5. The molecule has 0 bridgehead atoms. The SMILES string of the molecule is COc1cccc(C2(O)CCC[N]C2c2ccc(Cl)c([N+](=O)[O-])c2)c1. The van der Waals surface area contributed by atoms with E-state index in [0.29, 0.717) is 29.8 Å². The number of nitrogens with zero attached hydrogens (tertiary/aromatic N) is 2. The van der Waals surface area contributed by atoms with Crippen molar-refractivity contribution < 1.29 is 14.8 Å². The molecule has 0 saturated carbocycles. The number of aliphatic hydroxyl groups is 1. The lowest BCUT2D eigenvalue weighted by molar-refractivity contribution is -0.384. The van der Waals surface area contributed by atoms with E-state index in [1.807, 2.05) is 12.1 Å². The normalized spacial score (nSPS) is 23.2. The first-order chi connectivity index (χ1) is 12.0. The van der Waals surface area contributed by atoms with Crippen LogP contribution in [0.25, 0.3) is 0 Å². The van der Waals surface area contributed by atoms with Gasteiger partial charge in [0.05, 0.1) is 18.1 Å². The van der Waals surface area contributed by atoms with Gasteiger partial charge in [0, 0.05) is 12.6 Å². The van der Waals surface area contributed by atoms with Crippen LogP contribution in [0.2, 0.25) is 5.02 Å². The predicted molar refractivity (Wildman–Crippen MR) is 94.0 cm³/mol. The van der Waals surface area contributed by atoms with E-state index in [-0.39, 0.29) is 10.7 Å². The average Bonchev–Trinajstić information content (AvgIpc) is 2.62. The van der Waals surface area contributed by atoms with Crippen LogP contribution in [0.4, 0.5) is 5.69 Å². The van der Waals surface area contributed by atoms with E-state index in [4.69, 9.17) is 16.3 Å². The van der Waals surface area contributed by atoms with Gasteiger partial charge in [-0.15, -0.1) is 0 Å². The van der Waals surface area contributed by atoms with Gasteiger partial charge in [0.1, 0.15) is 16.4 Å². The molecule has 2 aromatic rings. The van der Waals surface area contributed by atoms with Crippen molar-refractivity contribution >= 4 is 17.3 Å². The zero-order valence-electron chi connectivity index (χ0n) is 13.7. The van der Waals surface area contributed by atoms with Gasteiger partial charge >= 0.3 is 0 Å². The van der Waals surface area contributed by atoms with E-state index < -0.39 is 16.6 Å². The first-order valence-corrected chi connectivity index (χ1v) is 8.31. The molecule has 1 aliphatic heterocycles. The Morgan fingerprint density at radius 1 is 1.36 bits per heavy atom. The van der Waals surface area contributed by atoms with Crippen LogP contribution in [-0.4, -0.2) is 23.7 Å². The number of rotatable bonds is 4. The van der Waals surface area contributed by atoms with Crippen molar-refractivity contribution in [2.75, 3.05) is 13.7 Å². The maximum absolute atomic E-state index is 11.4. The van der Waals surface area contributed by atoms with Gasteiger partial charge in [-0.3, -0.25) is 10.1 Å². The van der Waals surface area contributed by atoms with E-state index in [1.54, 1.807) is 25.3 Å². The standard InChI is InChI=1S/C18H18ClN2O4/c1-25-14-5-2-4-13(11-14)18(22)8-3-9-20-17(18)12-6-7-15(19)16(10-12)21(23)24/h2,4-7,10-11,17,22H,3,8-9H2,1H3. The summed E-state index contributed by atoms with van der Waals surface area (Å²) in [6, 6.07) is 11.2. The summed E-state index contributed by atoms with van der Waals surface area (Å²) in [5, 5.41) is 27.2. The van der Waals surface area contributed by atoms with E-state index >= 15 is 0 Å². The van der Waals surface area contributed by atoms with E-state index in [0.717, 1.165) is 6.42 Å². The Kier molecular flexibility index (Phi) is 4.94. The number of piperidine rings is 1. The molecule has 7 heteroatoms. The van der Waals surface area contributed by atoms with Crippen LogP contribution < -0.4 is 10.1 Å². The quantitative estimate of drug-likeness (QED) is 0.666. The zero-order valence-corrected chi connectivity index (χ0v) is 14.4. The number of hydrogen-bond donors (Lipinski definition) is 1. The summed E-state index contributed by atoms with van der Waals surface area (Å²) in [5.74, 6) is 0.636. The molecule has 6 nitrogen and oxygen atoms in total. The van der Waals surface area contributed by atoms with Gasteiger partial charge < -0.3 is 9.84 Å². The number of ether oxygens (including phenoxy) is 1. The van der Waals surface area contributed by atoms with Crippen LogP contribution in [0, 0.1) is 10.1 Å². The van der Waals surface area contributed by atoms with Crippen LogP contribution in [-0.2, 0) is 5.60 Å². The van der Waals surface area contributed by atoms with Gasteiger partial charge in [0.15, 0.2) is 0 Å². The minimum Gasteiger partial charge on any atom is -0.497 e. The van der Waals surface area contributed by atoms with Gasteiger partial charge in [0.2, 0.25) is 0 Å². The second-order valence-corrected chi connectivity index (χ2v) is 6.44. The van der Waals surface area contributed by atoms with Crippen molar-refractivity contribution in [3.05, 3.63) is 68.7 Å². The van der Waals surface area contributed by atoms with Crippen molar-refractivity contribution in [2.45, 2.75) is 24.5 Å². The summed E-state index contributed by atoms with van der Waals surface area (Å²) in [7, 11) is 1.56. The van der Waals surface area contributed by atoms with E-state index in [1.165, 1.54) is 12.1 Å². The molecule has 1 fully saturated rings. The van der Waals surface area contributed by atoms with Crippen LogP contribution in [0.1, 0.15) is 30.0 Å². The van der Waals surface area contributed by atoms with E-state index in [9.17, 15) is 15.2 Å². The first-order valence-electron chi connectivity index (χ1n) is 7.93. The molecule has 2 atom stereocenters. The first kappa shape index (κ1) is 17.7. The maximum Gasteiger partial charge on any atom is 0.288 e. The van der Waals surface area contributed by atoms with Gasteiger partial charge in [0.25, 0.3) is 5.69 Å². The summed E-state index contributed by atoms with van der Waals surface area (Å²) in [4.78, 5) is 10.7. The highest BCUT2D eigenvalue weighted by molar-refractivity contribution is 6.32. The Bertz CT molecular complexity index is 798. The predicted octanol–water partition coefficient (Wildman–Crippen LogP) is 3.58. The Balaban J connectivity index is 2.06. The molecule has 1 radical (unpaired) electrons. The molecule has 1 N–H and O–H groups in total. The van der Waals surface area contributed by atoms with Crippen molar-refractivity contribution in [1.82, 2.24) is 5.32 Å². The Morgan fingerprint density at radius 3 is 2.88 bits per heavy atom.